The fourth-order valence-corrected chi connectivity index (χ4v) is 4.13. The van der Waals surface area contributed by atoms with E-state index >= 15 is 0 Å². The highest BCUT2D eigenvalue weighted by molar-refractivity contribution is 7.18. The van der Waals surface area contributed by atoms with Gasteiger partial charge in [-0.3, -0.25) is 4.79 Å². The Balaban J connectivity index is 1.68. The predicted octanol–water partition coefficient (Wildman–Crippen LogP) is 4.30. The number of H-pyrrole nitrogens is 1. The minimum atomic E-state index is -1.14. The maximum absolute atomic E-state index is 12.6. The van der Waals surface area contributed by atoms with Gasteiger partial charge in [0, 0.05) is 11.3 Å². The van der Waals surface area contributed by atoms with Gasteiger partial charge in [-0.2, -0.15) is 5.26 Å². The minimum Gasteiger partial charge on any atom is -0.462 e. The van der Waals surface area contributed by atoms with E-state index in [1.54, 1.807) is 38.1 Å². The molecule has 3 rings (SSSR count). The summed E-state index contributed by atoms with van der Waals surface area (Å²) in [5.41, 5.74) is 3.54. The zero-order valence-electron chi connectivity index (χ0n) is 19.4. The highest BCUT2D eigenvalue weighted by Crippen LogP contribution is 2.33. The van der Waals surface area contributed by atoms with Crippen molar-refractivity contribution in [3.63, 3.8) is 0 Å². The number of nitrogens with zero attached hydrogens (tertiary/aromatic N) is 2. The summed E-state index contributed by atoms with van der Waals surface area (Å²) in [6, 6.07) is 8.66. The molecule has 0 bridgehead atoms. The summed E-state index contributed by atoms with van der Waals surface area (Å²) >= 11 is 0.944. The summed E-state index contributed by atoms with van der Waals surface area (Å²) in [6.07, 6.45) is -1.14. The van der Waals surface area contributed by atoms with Crippen LogP contribution < -0.4 is 5.32 Å². The van der Waals surface area contributed by atoms with E-state index in [1.165, 1.54) is 6.92 Å². The van der Waals surface area contributed by atoms with Crippen molar-refractivity contribution in [2.45, 2.75) is 40.7 Å². The van der Waals surface area contributed by atoms with Crippen LogP contribution in [0.3, 0.4) is 0 Å². The van der Waals surface area contributed by atoms with Crippen molar-refractivity contribution in [1.29, 1.82) is 5.26 Å². The second-order valence-electron chi connectivity index (χ2n) is 7.50. The maximum atomic E-state index is 12.6. The number of aromatic nitrogens is 2. The van der Waals surface area contributed by atoms with Gasteiger partial charge in [0.15, 0.2) is 6.10 Å². The molecule has 1 amide bonds. The molecule has 34 heavy (non-hydrogen) atoms. The number of thiophene rings is 1. The number of esters is 2. The van der Waals surface area contributed by atoms with Crippen LogP contribution in [-0.4, -0.2) is 40.5 Å². The van der Waals surface area contributed by atoms with E-state index < -0.39 is 23.9 Å². The van der Waals surface area contributed by atoms with Crippen LogP contribution in [0.25, 0.3) is 11.4 Å². The molecule has 0 aliphatic carbocycles. The Kier molecular flexibility index (Phi) is 7.48. The van der Waals surface area contributed by atoms with Crippen molar-refractivity contribution in [1.82, 2.24) is 9.97 Å². The van der Waals surface area contributed by atoms with Crippen LogP contribution in [0.15, 0.2) is 24.3 Å². The Morgan fingerprint density at radius 3 is 2.41 bits per heavy atom. The molecule has 0 aliphatic heterocycles. The number of carbonyl (C=O) groups excluding carboxylic acids is 3. The quantitative estimate of drug-likeness (QED) is 0.482. The number of ether oxygens (including phenoxy) is 2. The Labute approximate surface area is 200 Å². The van der Waals surface area contributed by atoms with Crippen LogP contribution in [-0.2, 0) is 14.3 Å². The van der Waals surface area contributed by atoms with Crippen LogP contribution in [0.5, 0.6) is 0 Å². The number of imidazole rings is 1. The zero-order chi connectivity index (χ0) is 25.0. The summed E-state index contributed by atoms with van der Waals surface area (Å²) in [7, 11) is 0. The number of carbonyl (C=O) groups is 3. The van der Waals surface area contributed by atoms with E-state index in [4.69, 9.17) is 9.47 Å². The van der Waals surface area contributed by atoms with Crippen molar-refractivity contribution in [2.75, 3.05) is 11.9 Å². The molecule has 2 heterocycles. The molecule has 10 heteroatoms. The van der Waals surface area contributed by atoms with Crippen molar-refractivity contribution in [3.8, 4) is 17.5 Å². The SMILES string of the molecule is CCOC(=O)c1sc(NC(=O)C(C)OC(=O)c2ccc(-c3nc(C)c(C)[nH]3)cc2)c(C#N)c1C. The van der Waals surface area contributed by atoms with Crippen molar-refractivity contribution >= 4 is 34.2 Å². The summed E-state index contributed by atoms with van der Waals surface area (Å²) in [4.78, 5) is 45.1. The second kappa shape index (κ2) is 10.3. The molecule has 0 radical (unpaired) electrons. The average Bonchev–Trinajstić information content (AvgIpc) is 3.31. The Bertz CT molecular complexity index is 1260. The number of benzene rings is 1. The average molecular weight is 481 g/mol. The summed E-state index contributed by atoms with van der Waals surface area (Å²) in [5, 5.41) is 12.2. The van der Waals surface area contributed by atoms with E-state index in [0.29, 0.717) is 11.4 Å². The van der Waals surface area contributed by atoms with E-state index in [2.05, 4.69) is 15.3 Å². The van der Waals surface area contributed by atoms with Gasteiger partial charge in [-0.05, 0) is 52.3 Å². The first-order chi connectivity index (χ1) is 16.2. The van der Waals surface area contributed by atoms with Crippen LogP contribution in [0.1, 0.15) is 56.4 Å². The molecule has 1 aromatic carbocycles. The van der Waals surface area contributed by atoms with Gasteiger partial charge >= 0.3 is 11.9 Å². The molecule has 0 saturated carbocycles. The van der Waals surface area contributed by atoms with Gasteiger partial charge in [0.05, 0.1) is 23.4 Å². The predicted molar refractivity (Wildman–Crippen MR) is 127 cm³/mol. The molecule has 1 unspecified atom stereocenters. The number of aryl methyl sites for hydroxylation is 2. The van der Waals surface area contributed by atoms with Gasteiger partial charge in [-0.25, -0.2) is 14.6 Å². The lowest BCUT2D eigenvalue weighted by Crippen LogP contribution is -2.30. The second-order valence-corrected chi connectivity index (χ2v) is 8.52. The van der Waals surface area contributed by atoms with Crippen LogP contribution in [0, 0.1) is 32.1 Å². The number of aromatic amines is 1. The topological polar surface area (TPSA) is 134 Å². The fraction of sp³-hybridized carbons (Fsp3) is 0.292. The van der Waals surface area contributed by atoms with Gasteiger partial charge < -0.3 is 19.8 Å². The lowest BCUT2D eigenvalue weighted by molar-refractivity contribution is -0.123. The van der Waals surface area contributed by atoms with Gasteiger partial charge in [0.25, 0.3) is 5.91 Å². The molecular weight excluding hydrogens is 456 g/mol. The molecule has 2 N–H and O–H groups in total. The molecule has 1 atom stereocenters. The number of anilines is 1. The lowest BCUT2D eigenvalue weighted by atomic mass is 10.1. The number of hydrogen-bond donors (Lipinski definition) is 2. The van der Waals surface area contributed by atoms with Gasteiger partial charge in [0.1, 0.15) is 21.8 Å². The summed E-state index contributed by atoms with van der Waals surface area (Å²) in [5.74, 6) is -1.16. The van der Waals surface area contributed by atoms with E-state index in [-0.39, 0.29) is 27.6 Å². The lowest BCUT2D eigenvalue weighted by Gasteiger charge is -2.13. The number of amides is 1. The summed E-state index contributed by atoms with van der Waals surface area (Å²) < 4.78 is 10.3. The summed E-state index contributed by atoms with van der Waals surface area (Å²) in [6.45, 7) is 8.73. The zero-order valence-corrected chi connectivity index (χ0v) is 20.3. The van der Waals surface area contributed by atoms with Gasteiger partial charge in [-0.15, -0.1) is 11.3 Å². The van der Waals surface area contributed by atoms with Crippen LogP contribution in [0.2, 0.25) is 0 Å². The molecule has 9 nitrogen and oxygen atoms in total. The molecule has 3 aromatic rings. The minimum absolute atomic E-state index is 0.166. The molecule has 0 saturated heterocycles. The van der Waals surface area contributed by atoms with E-state index in [1.807, 2.05) is 19.9 Å². The first-order valence-electron chi connectivity index (χ1n) is 10.5. The first kappa shape index (κ1) is 24.7. The number of hydrogen-bond acceptors (Lipinski definition) is 8. The largest absolute Gasteiger partial charge is 0.462 e. The molecular formula is C24H24N4O5S. The highest BCUT2D eigenvalue weighted by atomic mass is 32.1. The third kappa shape index (κ3) is 5.15. The molecule has 0 aliphatic rings. The molecule has 2 aromatic heterocycles. The normalized spacial score (nSPS) is 11.4. The van der Waals surface area contributed by atoms with Crippen LogP contribution >= 0.6 is 11.3 Å². The monoisotopic (exact) mass is 480 g/mol. The third-order valence-corrected chi connectivity index (χ3v) is 6.32. The molecule has 0 spiro atoms. The van der Waals surface area contributed by atoms with Crippen LogP contribution in [0.4, 0.5) is 5.00 Å². The van der Waals surface area contributed by atoms with Crippen molar-refractivity contribution in [2.24, 2.45) is 0 Å². The van der Waals surface area contributed by atoms with Gasteiger partial charge in [-0.1, -0.05) is 12.1 Å². The highest BCUT2D eigenvalue weighted by Gasteiger charge is 2.25. The van der Waals surface area contributed by atoms with E-state index in [0.717, 1.165) is 28.3 Å². The standard InChI is InChI=1S/C24H24N4O5S/c1-6-32-24(31)19-12(2)18(11-25)22(34-19)28-21(29)15(5)33-23(30)17-9-7-16(8-10-17)20-26-13(3)14(4)27-20/h7-10,15H,6H2,1-5H3,(H,26,27)(H,28,29). The van der Waals surface area contributed by atoms with E-state index in [9.17, 15) is 19.6 Å². The van der Waals surface area contributed by atoms with Gasteiger partial charge in [0.2, 0.25) is 0 Å². The number of nitriles is 1. The van der Waals surface area contributed by atoms with Crippen molar-refractivity contribution < 1.29 is 23.9 Å². The third-order valence-electron chi connectivity index (χ3n) is 5.13. The number of nitrogens with one attached hydrogen (secondary N) is 2. The Morgan fingerprint density at radius 2 is 1.85 bits per heavy atom. The van der Waals surface area contributed by atoms with Crippen molar-refractivity contribution in [3.05, 3.63) is 57.2 Å². The maximum Gasteiger partial charge on any atom is 0.348 e. The first-order valence-corrected chi connectivity index (χ1v) is 11.3. The molecule has 176 valence electrons. The number of rotatable bonds is 7. The smallest absolute Gasteiger partial charge is 0.348 e. The Morgan fingerprint density at radius 1 is 1.18 bits per heavy atom. The molecule has 0 fully saturated rings. The Hall–Kier alpha value is -3.97. The fourth-order valence-electron chi connectivity index (χ4n) is 3.07.